The fourth-order valence-electron chi connectivity index (χ4n) is 2.56. The Balaban J connectivity index is 1.57. The molecule has 26 heavy (non-hydrogen) atoms. The number of halogens is 1. The Bertz CT molecular complexity index is 892. The van der Waals surface area contributed by atoms with Gasteiger partial charge in [-0.25, -0.2) is 9.37 Å². The van der Waals surface area contributed by atoms with Crippen LogP contribution in [-0.2, 0) is 22.6 Å². The van der Waals surface area contributed by atoms with Crippen LogP contribution in [0.3, 0.4) is 0 Å². The van der Waals surface area contributed by atoms with Gasteiger partial charge < -0.3 is 14.5 Å². The third kappa shape index (κ3) is 4.55. The number of carbonyl (C=O) groups excluding carboxylic acids is 1. The lowest BCUT2D eigenvalue weighted by atomic mass is 10.2. The van der Waals surface area contributed by atoms with Gasteiger partial charge in [0.2, 0.25) is 5.91 Å². The lowest BCUT2D eigenvalue weighted by Crippen LogP contribution is -2.12. The highest BCUT2D eigenvalue weighted by atomic mass is 19.1. The standard InChI is InChI=1S/C20H19FN2O3/c1-25-13-14-5-4-6-15(11-14)23-19(24)9-10-20-22-12-18(26-20)16-7-2-3-8-17(16)21/h2-8,11-12H,9-10,13H2,1H3,(H,23,24). The van der Waals surface area contributed by atoms with E-state index in [0.29, 0.717) is 35.9 Å². The smallest absolute Gasteiger partial charge is 0.224 e. The second-order valence-corrected chi connectivity index (χ2v) is 5.78. The first-order valence-electron chi connectivity index (χ1n) is 8.23. The highest BCUT2D eigenvalue weighted by molar-refractivity contribution is 5.90. The Morgan fingerprint density at radius 3 is 2.88 bits per heavy atom. The van der Waals surface area contributed by atoms with Crippen LogP contribution in [0.4, 0.5) is 10.1 Å². The predicted octanol–water partition coefficient (Wildman–Crippen LogP) is 4.20. The molecular weight excluding hydrogens is 335 g/mol. The number of benzene rings is 2. The van der Waals surface area contributed by atoms with Gasteiger partial charge in [-0.1, -0.05) is 24.3 Å². The predicted molar refractivity (Wildman–Crippen MR) is 96.0 cm³/mol. The van der Waals surface area contributed by atoms with Crippen molar-refractivity contribution in [1.82, 2.24) is 4.98 Å². The van der Waals surface area contributed by atoms with Crippen molar-refractivity contribution >= 4 is 11.6 Å². The van der Waals surface area contributed by atoms with Gasteiger partial charge in [-0.15, -0.1) is 0 Å². The summed E-state index contributed by atoms with van der Waals surface area (Å²) in [6.07, 6.45) is 2.02. The van der Waals surface area contributed by atoms with E-state index in [4.69, 9.17) is 9.15 Å². The Morgan fingerprint density at radius 2 is 2.08 bits per heavy atom. The number of hydrogen-bond donors (Lipinski definition) is 1. The maximum Gasteiger partial charge on any atom is 0.224 e. The summed E-state index contributed by atoms with van der Waals surface area (Å²) in [5, 5.41) is 2.83. The molecule has 3 aromatic rings. The number of hydrogen-bond acceptors (Lipinski definition) is 4. The highest BCUT2D eigenvalue weighted by Crippen LogP contribution is 2.23. The lowest BCUT2D eigenvalue weighted by molar-refractivity contribution is -0.116. The quantitative estimate of drug-likeness (QED) is 0.691. The van der Waals surface area contributed by atoms with E-state index in [1.807, 2.05) is 24.3 Å². The van der Waals surface area contributed by atoms with E-state index >= 15 is 0 Å². The molecule has 0 atom stereocenters. The number of anilines is 1. The van der Waals surface area contributed by atoms with Gasteiger partial charge in [-0.05, 0) is 29.8 Å². The highest BCUT2D eigenvalue weighted by Gasteiger charge is 2.12. The van der Waals surface area contributed by atoms with Crippen molar-refractivity contribution in [2.45, 2.75) is 19.4 Å². The van der Waals surface area contributed by atoms with Gasteiger partial charge in [-0.2, -0.15) is 0 Å². The second kappa shape index (κ2) is 8.40. The summed E-state index contributed by atoms with van der Waals surface area (Å²) < 4.78 is 24.4. The van der Waals surface area contributed by atoms with Gasteiger partial charge >= 0.3 is 0 Å². The number of oxazole rings is 1. The van der Waals surface area contributed by atoms with E-state index in [1.54, 1.807) is 25.3 Å². The summed E-state index contributed by atoms with van der Waals surface area (Å²) in [5.74, 6) is 0.228. The fourth-order valence-corrected chi connectivity index (χ4v) is 2.56. The molecule has 0 saturated carbocycles. The van der Waals surface area contributed by atoms with Crippen LogP contribution in [0.2, 0.25) is 0 Å². The number of aryl methyl sites for hydroxylation is 1. The minimum Gasteiger partial charge on any atom is -0.441 e. The van der Waals surface area contributed by atoms with E-state index in [0.717, 1.165) is 5.56 Å². The van der Waals surface area contributed by atoms with Crippen LogP contribution in [0.25, 0.3) is 11.3 Å². The van der Waals surface area contributed by atoms with Crippen molar-refractivity contribution in [3.8, 4) is 11.3 Å². The van der Waals surface area contributed by atoms with Crippen LogP contribution in [-0.4, -0.2) is 18.0 Å². The molecule has 0 unspecified atom stereocenters. The van der Waals surface area contributed by atoms with Crippen molar-refractivity contribution in [2.75, 3.05) is 12.4 Å². The lowest BCUT2D eigenvalue weighted by Gasteiger charge is -2.06. The number of carbonyl (C=O) groups is 1. The third-order valence-electron chi connectivity index (χ3n) is 3.78. The SMILES string of the molecule is COCc1cccc(NC(=O)CCc2ncc(-c3ccccc3F)o2)c1. The van der Waals surface area contributed by atoms with Crippen LogP contribution in [0.1, 0.15) is 17.9 Å². The van der Waals surface area contributed by atoms with Crippen molar-refractivity contribution in [3.63, 3.8) is 0 Å². The summed E-state index contributed by atoms with van der Waals surface area (Å²) in [7, 11) is 1.62. The maximum absolute atomic E-state index is 13.8. The van der Waals surface area contributed by atoms with Crippen LogP contribution in [0, 0.1) is 5.82 Å². The van der Waals surface area contributed by atoms with Crippen LogP contribution < -0.4 is 5.32 Å². The molecule has 0 aliphatic carbocycles. The minimum atomic E-state index is -0.371. The van der Waals surface area contributed by atoms with E-state index in [2.05, 4.69) is 10.3 Å². The molecule has 2 aromatic carbocycles. The zero-order valence-corrected chi connectivity index (χ0v) is 14.4. The molecule has 0 aliphatic heterocycles. The second-order valence-electron chi connectivity index (χ2n) is 5.78. The topological polar surface area (TPSA) is 64.4 Å². The summed E-state index contributed by atoms with van der Waals surface area (Å²) in [6, 6.07) is 13.8. The molecule has 6 heteroatoms. The largest absolute Gasteiger partial charge is 0.441 e. The Morgan fingerprint density at radius 1 is 1.23 bits per heavy atom. The van der Waals surface area contributed by atoms with Gasteiger partial charge in [0.1, 0.15) is 5.82 Å². The molecule has 5 nitrogen and oxygen atoms in total. The number of rotatable bonds is 7. The Kier molecular flexibility index (Phi) is 5.76. The number of nitrogens with one attached hydrogen (secondary N) is 1. The Labute approximate surface area is 150 Å². The molecule has 1 amide bonds. The first-order chi connectivity index (χ1) is 12.7. The molecule has 0 saturated heterocycles. The first kappa shape index (κ1) is 17.8. The molecule has 0 bridgehead atoms. The van der Waals surface area contributed by atoms with Crippen LogP contribution in [0.15, 0.2) is 59.1 Å². The van der Waals surface area contributed by atoms with E-state index in [9.17, 15) is 9.18 Å². The third-order valence-corrected chi connectivity index (χ3v) is 3.78. The van der Waals surface area contributed by atoms with Crippen molar-refractivity contribution in [2.24, 2.45) is 0 Å². The molecule has 1 N–H and O–H groups in total. The van der Waals surface area contributed by atoms with Gasteiger partial charge in [0.05, 0.1) is 18.4 Å². The molecule has 0 radical (unpaired) electrons. The maximum atomic E-state index is 13.8. The van der Waals surface area contributed by atoms with Crippen molar-refractivity contribution in [3.05, 3.63) is 72.0 Å². The average molecular weight is 354 g/mol. The number of nitrogens with zero attached hydrogens (tertiary/aromatic N) is 1. The zero-order chi connectivity index (χ0) is 18.4. The average Bonchev–Trinajstić information content (AvgIpc) is 3.10. The van der Waals surface area contributed by atoms with Crippen molar-refractivity contribution < 1.29 is 18.3 Å². The molecule has 3 rings (SSSR count). The summed E-state index contributed by atoms with van der Waals surface area (Å²) >= 11 is 0. The molecule has 1 heterocycles. The fraction of sp³-hybridized carbons (Fsp3) is 0.200. The van der Waals surface area contributed by atoms with E-state index in [-0.39, 0.29) is 18.1 Å². The minimum absolute atomic E-state index is 0.148. The van der Waals surface area contributed by atoms with Gasteiger partial charge in [-0.3, -0.25) is 4.79 Å². The molecule has 0 aliphatic rings. The number of methoxy groups -OCH3 is 1. The van der Waals surface area contributed by atoms with Crippen molar-refractivity contribution in [1.29, 1.82) is 0 Å². The summed E-state index contributed by atoms with van der Waals surface area (Å²) in [5.41, 5.74) is 2.04. The monoisotopic (exact) mass is 354 g/mol. The van der Waals surface area contributed by atoms with Crippen LogP contribution >= 0.6 is 0 Å². The number of ether oxygens (including phenoxy) is 1. The van der Waals surface area contributed by atoms with Gasteiger partial charge in [0.15, 0.2) is 11.7 Å². The molecule has 134 valence electrons. The summed E-state index contributed by atoms with van der Waals surface area (Å²) in [6.45, 7) is 0.485. The normalized spacial score (nSPS) is 10.7. The summed E-state index contributed by atoms with van der Waals surface area (Å²) in [4.78, 5) is 16.2. The number of amides is 1. The van der Waals surface area contributed by atoms with Crippen LogP contribution in [0.5, 0.6) is 0 Å². The molecule has 0 fully saturated rings. The first-order valence-corrected chi connectivity index (χ1v) is 8.23. The van der Waals surface area contributed by atoms with E-state index in [1.165, 1.54) is 12.3 Å². The molecule has 1 aromatic heterocycles. The number of aromatic nitrogens is 1. The van der Waals surface area contributed by atoms with Gasteiger partial charge in [0.25, 0.3) is 0 Å². The van der Waals surface area contributed by atoms with Gasteiger partial charge in [0, 0.05) is 25.6 Å². The molecular formula is C20H19FN2O3. The zero-order valence-electron chi connectivity index (χ0n) is 14.4. The molecule has 0 spiro atoms. The van der Waals surface area contributed by atoms with E-state index < -0.39 is 0 Å². The Hall–Kier alpha value is -2.99.